The first-order chi connectivity index (χ1) is 12.2. The zero-order valence-corrected chi connectivity index (χ0v) is 16.2. The number of aliphatic carboxylic acids is 1. The van der Waals surface area contributed by atoms with E-state index in [1.165, 1.54) is 51.4 Å². The fourth-order valence-electron chi connectivity index (χ4n) is 2.83. The lowest BCUT2D eigenvalue weighted by Crippen LogP contribution is -2.32. The molecule has 2 atom stereocenters. The molecule has 0 saturated carbocycles. The first-order valence-electron chi connectivity index (χ1n) is 9.72. The molecule has 0 amide bonds. The van der Waals surface area contributed by atoms with Gasteiger partial charge in [-0.15, -0.1) is 6.58 Å². The van der Waals surface area contributed by atoms with Crippen LogP contribution in [0.15, 0.2) is 12.7 Å². The molecule has 0 radical (unpaired) electrons. The van der Waals surface area contributed by atoms with Crippen LogP contribution in [0.25, 0.3) is 0 Å². The predicted molar refractivity (Wildman–Crippen MR) is 101 cm³/mol. The summed E-state index contributed by atoms with van der Waals surface area (Å²) in [6.45, 7) is 5.80. The minimum Gasteiger partial charge on any atom is -0.480 e. The molecule has 5 nitrogen and oxygen atoms in total. The molecular formula is C20H38O5. The van der Waals surface area contributed by atoms with Crippen molar-refractivity contribution in [1.29, 1.82) is 0 Å². The fraction of sp³-hybridized carbons (Fsp3) is 0.850. The lowest BCUT2D eigenvalue weighted by Gasteiger charge is -2.24. The maximum Gasteiger partial charge on any atom is 0.329 e. The summed E-state index contributed by atoms with van der Waals surface area (Å²) in [4.78, 5) is 10.7. The van der Waals surface area contributed by atoms with E-state index >= 15 is 0 Å². The summed E-state index contributed by atoms with van der Waals surface area (Å²) < 4.78 is 16.0. The average molecular weight is 359 g/mol. The predicted octanol–water partition coefficient (Wildman–Crippen LogP) is 4.94. The van der Waals surface area contributed by atoms with Crippen molar-refractivity contribution < 1.29 is 24.1 Å². The fourth-order valence-corrected chi connectivity index (χ4v) is 2.83. The van der Waals surface area contributed by atoms with E-state index in [9.17, 15) is 4.79 Å². The molecule has 0 aliphatic heterocycles. The molecule has 0 fully saturated rings. The van der Waals surface area contributed by atoms with Crippen LogP contribution in [0.2, 0.25) is 0 Å². The highest BCUT2D eigenvalue weighted by molar-refractivity contribution is 5.68. The first kappa shape index (κ1) is 24.1. The third kappa shape index (κ3) is 15.1. The maximum atomic E-state index is 10.7. The second-order valence-electron chi connectivity index (χ2n) is 6.49. The van der Waals surface area contributed by atoms with E-state index in [2.05, 4.69) is 13.5 Å². The van der Waals surface area contributed by atoms with Gasteiger partial charge in [-0.05, 0) is 6.42 Å². The SMILES string of the molecule is C=C[C@@H](OCC(=O)O)[C@@H](CCCCCCCCCCCC)OCOC. The lowest BCUT2D eigenvalue weighted by molar-refractivity contribution is -0.151. The summed E-state index contributed by atoms with van der Waals surface area (Å²) in [6.07, 6.45) is 14.6. The monoisotopic (exact) mass is 358 g/mol. The van der Waals surface area contributed by atoms with Crippen molar-refractivity contribution >= 4 is 5.97 Å². The maximum absolute atomic E-state index is 10.7. The molecule has 0 aliphatic carbocycles. The molecule has 1 N–H and O–H groups in total. The third-order valence-corrected chi connectivity index (χ3v) is 4.24. The summed E-state index contributed by atoms with van der Waals surface area (Å²) in [7, 11) is 1.57. The van der Waals surface area contributed by atoms with Crippen LogP contribution in [0.1, 0.15) is 77.6 Å². The Morgan fingerprint density at radius 1 is 1.00 bits per heavy atom. The molecule has 0 bridgehead atoms. The van der Waals surface area contributed by atoms with Gasteiger partial charge in [0.25, 0.3) is 0 Å². The van der Waals surface area contributed by atoms with Gasteiger partial charge in [-0.25, -0.2) is 4.79 Å². The van der Waals surface area contributed by atoms with Gasteiger partial charge in [0.1, 0.15) is 19.5 Å². The molecular weight excluding hydrogens is 320 g/mol. The van der Waals surface area contributed by atoms with Gasteiger partial charge >= 0.3 is 5.97 Å². The Labute approximate surface area is 153 Å². The smallest absolute Gasteiger partial charge is 0.329 e. The number of carboxylic acids is 1. The van der Waals surface area contributed by atoms with Gasteiger partial charge < -0.3 is 19.3 Å². The minimum absolute atomic E-state index is 0.170. The molecule has 0 aromatic heterocycles. The van der Waals surface area contributed by atoms with Gasteiger partial charge in [0, 0.05) is 7.11 Å². The normalized spacial score (nSPS) is 13.5. The topological polar surface area (TPSA) is 65.0 Å². The van der Waals surface area contributed by atoms with Gasteiger partial charge in [-0.3, -0.25) is 0 Å². The Balaban J connectivity index is 3.90. The Bertz CT molecular complexity index is 319. The van der Waals surface area contributed by atoms with Crippen LogP contribution >= 0.6 is 0 Å². The summed E-state index contributed by atoms with van der Waals surface area (Å²) in [6, 6.07) is 0. The van der Waals surface area contributed by atoms with Crippen LogP contribution in [0.5, 0.6) is 0 Å². The van der Waals surface area contributed by atoms with Crippen molar-refractivity contribution in [2.24, 2.45) is 0 Å². The van der Waals surface area contributed by atoms with Crippen LogP contribution in [0.3, 0.4) is 0 Å². The van der Waals surface area contributed by atoms with E-state index in [0.29, 0.717) is 0 Å². The largest absolute Gasteiger partial charge is 0.480 e. The van der Waals surface area contributed by atoms with Crippen LogP contribution < -0.4 is 0 Å². The zero-order chi connectivity index (χ0) is 18.8. The van der Waals surface area contributed by atoms with Gasteiger partial charge in [0.2, 0.25) is 0 Å². The summed E-state index contributed by atoms with van der Waals surface area (Å²) >= 11 is 0. The number of carboxylic acid groups (broad SMARTS) is 1. The number of unbranched alkanes of at least 4 members (excludes halogenated alkanes) is 9. The molecule has 5 heteroatoms. The highest BCUT2D eigenvalue weighted by Gasteiger charge is 2.21. The summed E-state index contributed by atoms with van der Waals surface area (Å²) in [5.41, 5.74) is 0. The van der Waals surface area contributed by atoms with Gasteiger partial charge in [-0.1, -0.05) is 77.2 Å². The standard InChI is InChI=1S/C20H38O5/c1-4-6-7-8-9-10-11-12-13-14-15-19(25-17-23-3)18(5-2)24-16-20(21)22/h5,18-19H,2,4,6-17H2,1,3H3,(H,21,22)/t18-,19-/m1/s1. The molecule has 0 unspecified atom stereocenters. The molecule has 148 valence electrons. The Morgan fingerprint density at radius 2 is 1.56 bits per heavy atom. The van der Waals surface area contributed by atoms with Crippen LogP contribution in [-0.4, -0.2) is 43.8 Å². The van der Waals surface area contributed by atoms with Crippen LogP contribution in [-0.2, 0) is 19.0 Å². The van der Waals surface area contributed by atoms with Crippen LogP contribution in [0, 0.1) is 0 Å². The highest BCUT2D eigenvalue weighted by Crippen LogP contribution is 2.16. The van der Waals surface area contributed by atoms with Crippen molar-refractivity contribution in [3.05, 3.63) is 12.7 Å². The van der Waals surface area contributed by atoms with Crippen molar-refractivity contribution in [3.63, 3.8) is 0 Å². The quantitative estimate of drug-likeness (QED) is 0.201. The molecule has 0 aromatic rings. The molecule has 0 rings (SSSR count). The van der Waals surface area contributed by atoms with E-state index in [1.54, 1.807) is 13.2 Å². The second kappa shape index (κ2) is 17.9. The number of rotatable bonds is 19. The van der Waals surface area contributed by atoms with E-state index in [1.807, 2.05) is 0 Å². The molecule has 0 aromatic carbocycles. The number of methoxy groups -OCH3 is 1. The van der Waals surface area contributed by atoms with Gasteiger partial charge in [-0.2, -0.15) is 0 Å². The van der Waals surface area contributed by atoms with Crippen molar-refractivity contribution in [3.8, 4) is 0 Å². The average Bonchev–Trinajstić information content (AvgIpc) is 2.60. The summed E-state index contributed by atoms with van der Waals surface area (Å²) in [5, 5.41) is 8.76. The van der Waals surface area contributed by atoms with E-state index in [4.69, 9.17) is 19.3 Å². The lowest BCUT2D eigenvalue weighted by atomic mass is 10.0. The number of ether oxygens (including phenoxy) is 3. The Morgan fingerprint density at radius 3 is 2.04 bits per heavy atom. The molecule has 0 spiro atoms. The summed E-state index contributed by atoms with van der Waals surface area (Å²) in [5.74, 6) is -0.990. The molecule has 0 heterocycles. The first-order valence-corrected chi connectivity index (χ1v) is 9.72. The molecule has 25 heavy (non-hydrogen) atoms. The third-order valence-electron chi connectivity index (χ3n) is 4.24. The van der Waals surface area contributed by atoms with E-state index in [0.717, 1.165) is 19.3 Å². The van der Waals surface area contributed by atoms with E-state index < -0.39 is 12.1 Å². The Kier molecular flexibility index (Phi) is 17.2. The number of carbonyl (C=O) groups is 1. The van der Waals surface area contributed by atoms with Crippen molar-refractivity contribution in [2.45, 2.75) is 89.8 Å². The van der Waals surface area contributed by atoms with Gasteiger partial charge in [0.05, 0.1) is 6.10 Å². The van der Waals surface area contributed by atoms with Crippen molar-refractivity contribution in [1.82, 2.24) is 0 Å². The minimum atomic E-state index is -0.990. The van der Waals surface area contributed by atoms with Crippen LogP contribution in [0.4, 0.5) is 0 Å². The van der Waals surface area contributed by atoms with Gasteiger partial charge in [0.15, 0.2) is 0 Å². The Hall–Kier alpha value is -0.910. The number of hydrogen-bond acceptors (Lipinski definition) is 4. The van der Waals surface area contributed by atoms with Crippen molar-refractivity contribution in [2.75, 3.05) is 20.5 Å². The highest BCUT2D eigenvalue weighted by atomic mass is 16.7. The zero-order valence-electron chi connectivity index (χ0n) is 16.2. The second-order valence-corrected chi connectivity index (χ2v) is 6.49. The number of hydrogen-bond donors (Lipinski definition) is 1. The molecule has 0 aliphatic rings. The van der Waals surface area contributed by atoms with E-state index in [-0.39, 0.29) is 19.5 Å². The molecule has 0 saturated heterocycles.